The molecule has 0 radical (unpaired) electrons. The molecule has 4 rings (SSSR count). The molecule has 0 saturated heterocycles. The normalized spacial score (nSPS) is 10.6. The molecule has 144 valence electrons. The predicted molar refractivity (Wildman–Crippen MR) is 111 cm³/mol. The van der Waals surface area contributed by atoms with Crippen molar-refractivity contribution in [3.05, 3.63) is 83.4 Å². The molecule has 0 aliphatic heterocycles. The Hall–Kier alpha value is -3.64. The summed E-state index contributed by atoms with van der Waals surface area (Å²) >= 11 is 5.89. The Balaban J connectivity index is 1.60. The number of nitrogens with zero attached hydrogens (tertiary/aromatic N) is 2. The van der Waals surface area contributed by atoms with Gasteiger partial charge in [-0.25, -0.2) is 0 Å². The molecule has 0 spiro atoms. The minimum absolute atomic E-state index is 0.260. The lowest BCUT2D eigenvalue weighted by Crippen LogP contribution is -2.12. The van der Waals surface area contributed by atoms with E-state index in [1.807, 2.05) is 42.5 Å². The van der Waals surface area contributed by atoms with Gasteiger partial charge in [-0.3, -0.25) is 4.79 Å². The molecule has 1 N–H and O–H groups in total. The zero-order valence-corrected chi connectivity index (χ0v) is 16.2. The lowest BCUT2D eigenvalue weighted by Gasteiger charge is -2.08. The van der Waals surface area contributed by atoms with E-state index in [1.165, 1.54) is 0 Å². The van der Waals surface area contributed by atoms with E-state index >= 15 is 0 Å². The van der Waals surface area contributed by atoms with Crippen LogP contribution in [-0.4, -0.2) is 23.2 Å². The number of carbonyl (C=O) groups is 1. The molecule has 0 unspecified atom stereocenters. The number of aromatic nitrogens is 2. The van der Waals surface area contributed by atoms with Gasteiger partial charge >= 0.3 is 0 Å². The molecule has 0 aliphatic carbocycles. The van der Waals surface area contributed by atoms with Gasteiger partial charge in [-0.1, -0.05) is 28.9 Å². The maximum Gasteiger partial charge on any atom is 0.260 e. The molecule has 3 aromatic carbocycles. The van der Waals surface area contributed by atoms with Crippen molar-refractivity contribution in [1.82, 2.24) is 10.1 Å². The molecule has 0 bridgehead atoms. The number of amides is 1. The summed E-state index contributed by atoms with van der Waals surface area (Å²) < 4.78 is 10.6. The van der Waals surface area contributed by atoms with Crippen LogP contribution in [-0.2, 0) is 0 Å². The molecular weight excluding hydrogens is 390 g/mol. The monoisotopic (exact) mass is 405 g/mol. The second-order valence-corrected chi connectivity index (χ2v) is 6.59. The Morgan fingerprint density at radius 2 is 1.72 bits per heavy atom. The van der Waals surface area contributed by atoms with Gasteiger partial charge in [0.05, 0.1) is 18.4 Å². The Bertz CT molecular complexity index is 1140. The average molecular weight is 406 g/mol. The number of ether oxygens (including phenoxy) is 1. The number of hydrogen-bond donors (Lipinski definition) is 1. The topological polar surface area (TPSA) is 77.3 Å². The van der Waals surface area contributed by atoms with E-state index in [2.05, 4.69) is 15.5 Å². The first-order chi connectivity index (χ1) is 14.1. The molecule has 1 amide bonds. The van der Waals surface area contributed by atoms with Crippen molar-refractivity contribution < 1.29 is 14.1 Å². The summed E-state index contributed by atoms with van der Waals surface area (Å²) in [5.41, 5.74) is 2.48. The van der Waals surface area contributed by atoms with Crippen LogP contribution in [0.3, 0.4) is 0 Å². The van der Waals surface area contributed by atoms with E-state index in [0.717, 1.165) is 11.3 Å². The van der Waals surface area contributed by atoms with Crippen LogP contribution in [0.1, 0.15) is 10.4 Å². The standard InChI is InChI=1S/C22H16ClN3O3/c1-28-17-12-8-14(9-13-17)20-25-22(29-26-20)18-4-2-3-5-19(18)24-21(27)15-6-10-16(23)11-7-15/h2-13H,1H3,(H,24,27). The van der Waals surface area contributed by atoms with Gasteiger partial charge in [0, 0.05) is 16.1 Å². The number of hydrogen-bond acceptors (Lipinski definition) is 5. The fourth-order valence-electron chi connectivity index (χ4n) is 2.76. The van der Waals surface area contributed by atoms with Crippen molar-refractivity contribution in [2.24, 2.45) is 0 Å². The van der Waals surface area contributed by atoms with Gasteiger partial charge in [-0.05, 0) is 60.7 Å². The number of halogens is 1. The number of anilines is 1. The predicted octanol–water partition coefficient (Wildman–Crippen LogP) is 5.32. The number of benzene rings is 3. The Morgan fingerprint density at radius 1 is 1.00 bits per heavy atom. The zero-order valence-electron chi connectivity index (χ0n) is 15.4. The fraction of sp³-hybridized carbons (Fsp3) is 0.0455. The molecule has 0 fully saturated rings. The lowest BCUT2D eigenvalue weighted by molar-refractivity contribution is 0.102. The maximum absolute atomic E-state index is 12.6. The second kappa shape index (κ2) is 8.16. The van der Waals surface area contributed by atoms with Crippen molar-refractivity contribution in [2.75, 3.05) is 12.4 Å². The maximum atomic E-state index is 12.6. The SMILES string of the molecule is COc1ccc(-c2noc(-c3ccccc3NC(=O)c3ccc(Cl)cc3)n2)cc1. The fourth-order valence-corrected chi connectivity index (χ4v) is 2.89. The molecule has 0 saturated carbocycles. The summed E-state index contributed by atoms with van der Waals surface area (Å²) in [6, 6.07) is 21.3. The molecule has 1 aromatic heterocycles. The van der Waals surface area contributed by atoms with E-state index in [1.54, 1.807) is 37.4 Å². The number of rotatable bonds is 5. The minimum atomic E-state index is -0.260. The van der Waals surface area contributed by atoms with Crippen LogP contribution in [0, 0.1) is 0 Å². The van der Waals surface area contributed by atoms with Gasteiger partial charge in [0.25, 0.3) is 11.8 Å². The highest BCUT2D eigenvalue weighted by Gasteiger charge is 2.16. The van der Waals surface area contributed by atoms with Crippen molar-refractivity contribution in [1.29, 1.82) is 0 Å². The van der Waals surface area contributed by atoms with Crippen LogP contribution in [0.4, 0.5) is 5.69 Å². The van der Waals surface area contributed by atoms with Gasteiger partial charge < -0.3 is 14.6 Å². The first kappa shape index (κ1) is 18.7. The van der Waals surface area contributed by atoms with Gasteiger partial charge in [-0.15, -0.1) is 0 Å². The number of nitrogens with one attached hydrogen (secondary N) is 1. The molecule has 0 aliphatic rings. The highest BCUT2D eigenvalue weighted by Crippen LogP contribution is 2.29. The Morgan fingerprint density at radius 3 is 2.45 bits per heavy atom. The van der Waals surface area contributed by atoms with Crippen molar-refractivity contribution in [2.45, 2.75) is 0 Å². The summed E-state index contributed by atoms with van der Waals surface area (Å²) in [5.74, 6) is 1.24. The summed E-state index contributed by atoms with van der Waals surface area (Å²) in [6.45, 7) is 0. The highest BCUT2D eigenvalue weighted by atomic mass is 35.5. The van der Waals surface area contributed by atoms with Gasteiger partial charge in [0.2, 0.25) is 5.82 Å². The second-order valence-electron chi connectivity index (χ2n) is 6.16. The Kier molecular flexibility index (Phi) is 5.27. The summed E-state index contributed by atoms with van der Waals surface area (Å²) in [4.78, 5) is 17.0. The van der Waals surface area contributed by atoms with Crippen molar-refractivity contribution in [3.8, 4) is 28.6 Å². The van der Waals surface area contributed by atoms with Crippen LogP contribution in [0.25, 0.3) is 22.8 Å². The van der Waals surface area contributed by atoms with Crippen LogP contribution in [0.2, 0.25) is 5.02 Å². The minimum Gasteiger partial charge on any atom is -0.497 e. The summed E-state index contributed by atoms with van der Waals surface area (Å²) in [7, 11) is 1.61. The van der Waals surface area contributed by atoms with Crippen molar-refractivity contribution in [3.63, 3.8) is 0 Å². The molecule has 0 atom stereocenters. The van der Waals surface area contributed by atoms with Gasteiger partial charge in [0.1, 0.15) is 5.75 Å². The third-order valence-electron chi connectivity index (χ3n) is 4.29. The van der Waals surface area contributed by atoms with E-state index in [-0.39, 0.29) is 5.91 Å². The number of carbonyl (C=O) groups excluding carboxylic acids is 1. The van der Waals surface area contributed by atoms with E-state index in [0.29, 0.717) is 33.6 Å². The van der Waals surface area contributed by atoms with Crippen LogP contribution in [0.5, 0.6) is 5.75 Å². The Labute approximate surface area is 172 Å². The first-order valence-corrected chi connectivity index (χ1v) is 9.16. The molecule has 1 heterocycles. The third kappa shape index (κ3) is 4.12. The molecule has 29 heavy (non-hydrogen) atoms. The largest absolute Gasteiger partial charge is 0.497 e. The lowest BCUT2D eigenvalue weighted by atomic mass is 10.1. The van der Waals surface area contributed by atoms with Crippen LogP contribution in [0.15, 0.2) is 77.3 Å². The smallest absolute Gasteiger partial charge is 0.260 e. The molecule has 4 aromatic rings. The number of methoxy groups -OCH3 is 1. The van der Waals surface area contributed by atoms with Gasteiger partial charge in [0.15, 0.2) is 0 Å². The van der Waals surface area contributed by atoms with Crippen molar-refractivity contribution >= 4 is 23.2 Å². The van der Waals surface area contributed by atoms with E-state index in [9.17, 15) is 4.79 Å². The first-order valence-electron chi connectivity index (χ1n) is 8.78. The van der Waals surface area contributed by atoms with E-state index in [4.69, 9.17) is 20.9 Å². The van der Waals surface area contributed by atoms with E-state index < -0.39 is 0 Å². The number of para-hydroxylation sites is 1. The third-order valence-corrected chi connectivity index (χ3v) is 4.54. The molecule has 6 nitrogen and oxygen atoms in total. The molecule has 7 heteroatoms. The summed E-state index contributed by atoms with van der Waals surface area (Å²) in [5, 5.41) is 7.50. The van der Waals surface area contributed by atoms with Crippen LogP contribution < -0.4 is 10.1 Å². The average Bonchev–Trinajstić information content (AvgIpc) is 3.25. The van der Waals surface area contributed by atoms with Gasteiger partial charge in [-0.2, -0.15) is 4.98 Å². The highest BCUT2D eigenvalue weighted by molar-refractivity contribution is 6.30. The zero-order chi connectivity index (χ0) is 20.2. The quantitative estimate of drug-likeness (QED) is 0.486. The molecular formula is C22H16ClN3O3. The van der Waals surface area contributed by atoms with Crippen LogP contribution >= 0.6 is 11.6 Å². The summed E-state index contributed by atoms with van der Waals surface area (Å²) in [6.07, 6.45) is 0.